The van der Waals surface area contributed by atoms with E-state index in [1.807, 2.05) is 11.8 Å². The Kier molecular flexibility index (Phi) is 3.92. The fraction of sp³-hybridized carbons (Fsp3) is 0.909. The van der Waals surface area contributed by atoms with E-state index in [9.17, 15) is 4.79 Å². The van der Waals surface area contributed by atoms with E-state index < -0.39 is 5.97 Å². The highest BCUT2D eigenvalue weighted by molar-refractivity contribution is 7.99. The smallest absolute Gasteiger partial charge is 0.304 e. The molecule has 1 aliphatic carbocycles. The van der Waals surface area contributed by atoms with Crippen molar-refractivity contribution in [3.8, 4) is 0 Å². The largest absolute Gasteiger partial charge is 0.481 e. The number of rotatable bonds is 6. The SMILES string of the molecule is O=C(O)CCN(CC1CCSC1)C1CC1. The molecule has 1 atom stereocenters. The summed E-state index contributed by atoms with van der Waals surface area (Å²) in [6.07, 6.45) is 4.18. The fourth-order valence-corrected chi connectivity index (χ4v) is 3.43. The zero-order chi connectivity index (χ0) is 10.7. The van der Waals surface area contributed by atoms with Crippen LogP contribution in [-0.2, 0) is 4.79 Å². The molecule has 1 aliphatic heterocycles. The summed E-state index contributed by atoms with van der Waals surface area (Å²) in [4.78, 5) is 13.0. The predicted octanol–water partition coefficient (Wildman–Crippen LogP) is 1.68. The van der Waals surface area contributed by atoms with E-state index >= 15 is 0 Å². The molecule has 4 heteroatoms. The second kappa shape index (κ2) is 5.21. The third-order valence-electron chi connectivity index (χ3n) is 3.19. The van der Waals surface area contributed by atoms with Gasteiger partial charge < -0.3 is 5.11 Å². The minimum absolute atomic E-state index is 0.302. The van der Waals surface area contributed by atoms with E-state index in [0.29, 0.717) is 12.5 Å². The predicted molar refractivity (Wildman–Crippen MR) is 62.3 cm³/mol. The quantitative estimate of drug-likeness (QED) is 0.752. The van der Waals surface area contributed by atoms with Crippen LogP contribution < -0.4 is 0 Å². The van der Waals surface area contributed by atoms with Crippen LogP contribution >= 0.6 is 11.8 Å². The molecule has 86 valence electrons. The van der Waals surface area contributed by atoms with Crippen LogP contribution in [0, 0.1) is 5.92 Å². The van der Waals surface area contributed by atoms with Crippen LogP contribution in [0.25, 0.3) is 0 Å². The third-order valence-corrected chi connectivity index (χ3v) is 4.42. The number of carboxylic acid groups (broad SMARTS) is 1. The topological polar surface area (TPSA) is 40.5 Å². The Hall–Kier alpha value is -0.220. The number of aliphatic carboxylic acids is 1. The van der Waals surface area contributed by atoms with Crippen molar-refractivity contribution in [2.24, 2.45) is 5.92 Å². The first-order valence-electron chi connectivity index (χ1n) is 5.79. The van der Waals surface area contributed by atoms with Gasteiger partial charge in [0.15, 0.2) is 0 Å². The Bertz CT molecular complexity index is 225. The molecule has 3 nitrogen and oxygen atoms in total. The van der Waals surface area contributed by atoms with Crippen LogP contribution in [0.3, 0.4) is 0 Å². The Morgan fingerprint density at radius 1 is 1.40 bits per heavy atom. The van der Waals surface area contributed by atoms with Crippen molar-refractivity contribution in [3.05, 3.63) is 0 Å². The number of carboxylic acids is 1. The molecule has 0 aromatic carbocycles. The average Bonchev–Trinajstić information content (AvgIpc) is 2.91. The number of nitrogens with zero attached hydrogens (tertiary/aromatic N) is 1. The molecule has 0 aromatic rings. The lowest BCUT2D eigenvalue weighted by Gasteiger charge is -2.24. The van der Waals surface area contributed by atoms with Gasteiger partial charge in [0, 0.05) is 19.1 Å². The number of thioether (sulfide) groups is 1. The molecule has 1 saturated heterocycles. The first kappa shape index (κ1) is 11.3. The van der Waals surface area contributed by atoms with Gasteiger partial charge in [0.25, 0.3) is 0 Å². The van der Waals surface area contributed by atoms with Gasteiger partial charge in [0.05, 0.1) is 6.42 Å². The van der Waals surface area contributed by atoms with E-state index in [4.69, 9.17) is 5.11 Å². The van der Waals surface area contributed by atoms with E-state index in [0.717, 1.165) is 19.0 Å². The van der Waals surface area contributed by atoms with Crippen molar-refractivity contribution in [1.29, 1.82) is 0 Å². The highest BCUT2D eigenvalue weighted by Gasteiger charge is 2.31. The van der Waals surface area contributed by atoms with E-state index in [2.05, 4.69) is 4.90 Å². The maximum Gasteiger partial charge on any atom is 0.304 e. The maximum atomic E-state index is 10.6. The van der Waals surface area contributed by atoms with Crippen LogP contribution in [0.5, 0.6) is 0 Å². The molecule has 15 heavy (non-hydrogen) atoms. The van der Waals surface area contributed by atoms with Crippen LogP contribution in [0.4, 0.5) is 0 Å². The van der Waals surface area contributed by atoms with Crippen LogP contribution in [0.1, 0.15) is 25.7 Å². The summed E-state index contributed by atoms with van der Waals surface area (Å²) in [5.74, 6) is 2.71. The maximum absolute atomic E-state index is 10.6. The summed E-state index contributed by atoms with van der Waals surface area (Å²) in [5, 5.41) is 8.69. The zero-order valence-electron chi connectivity index (χ0n) is 9.02. The summed E-state index contributed by atoms with van der Waals surface area (Å²) in [7, 11) is 0. The lowest BCUT2D eigenvalue weighted by atomic mass is 10.1. The van der Waals surface area contributed by atoms with E-state index in [1.165, 1.54) is 30.8 Å². The Morgan fingerprint density at radius 3 is 2.73 bits per heavy atom. The monoisotopic (exact) mass is 229 g/mol. The van der Waals surface area contributed by atoms with Crippen LogP contribution in [0.2, 0.25) is 0 Å². The van der Waals surface area contributed by atoms with Crippen molar-refractivity contribution in [1.82, 2.24) is 4.90 Å². The molecule has 2 aliphatic rings. The molecule has 2 fully saturated rings. The molecule has 0 radical (unpaired) electrons. The van der Waals surface area contributed by atoms with Gasteiger partial charge >= 0.3 is 5.97 Å². The van der Waals surface area contributed by atoms with Crippen molar-refractivity contribution >= 4 is 17.7 Å². The lowest BCUT2D eigenvalue weighted by molar-refractivity contribution is -0.137. The highest BCUT2D eigenvalue weighted by atomic mass is 32.2. The first-order chi connectivity index (χ1) is 7.25. The van der Waals surface area contributed by atoms with Crippen molar-refractivity contribution in [2.45, 2.75) is 31.7 Å². The van der Waals surface area contributed by atoms with Gasteiger partial charge in [-0.15, -0.1) is 0 Å². The summed E-state index contributed by atoms with van der Waals surface area (Å²) in [5.41, 5.74) is 0. The van der Waals surface area contributed by atoms with Crippen molar-refractivity contribution in [3.63, 3.8) is 0 Å². The number of carbonyl (C=O) groups is 1. The molecule has 1 heterocycles. The molecular formula is C11H19NO2S. The van der Waals surface area contributed by atoms with Gasteiger partial charge in [0.2, 0.25) is 0 Å². The standard InChI is InChI=1S/C11H19NO2S/c13-11(14)3-5-12(10-1-2-10)7-9-4-6-15-8-9/h9-10H,1-8H2,(H,13,14). The van der Waals surface area contributed by atoms with Gasteiger partial charge in [-0.25, -0.2) is 0 Å². The number of hydrogen-bond acceptors (Lipinski definition) is 3. The molecule has 1 N–H and O–H groups in total. The van der Waals surface area contributed by atoms with Crippen molar-refractivity contribution < 1.29 is 9.90 Å². The molecule has 2 rings (SSSR count). The van der Waals surface area contributed by atoms with Gasteiger partial charge in [-0.3, -0.25) is 9.69 Å². The molecular weight excluding hydrogens is 210 g/mol. The van der Waals surface area contributed by atoms with E-state index in [-0.39, 0.29) is 0 Å². The van der Waals surface area contributed by atoms with Gasteiger partial charge in [-0.05, 0) is 36.7 Å². The summed E-state index contributed by atoms with van der Waals surface area (Å²) in [6.45, 7) is 1.88. The second-order valence-electron chi connectivity index (χ2n) is 4.60. The summed E-state index contributed by atoms with van der Waals surface area (Å²) >= 11 is 2.04. The second-order valence-corrected chi connectivity index (χ2v) is 5.75. The van der Waals surface area contributed by atoms with E-state index in [1.54, 1.807) is 0 Å². The first-order valence-corrected chi connectivity index (χ1v) is 6.95. The zero-order valence-corrected chi connectivity index (χ0v) is 9.84. The summed E-state index contributed by atoms with van der Waals surface area (Å²) < 4.78 is 0. The van der Waals surface area contributed by atoms with Gasteiger partial charge in [-0.1, -0.05) is 0 Å². The normalized spacial score (nSPS) is 26.1. The Balaban J connectivity index is 1.74. The molecule has 0 spiro atoms. The molecule has 0 amide bonds. The molecule has 1 saturated carbocycles. The minimum Gasteiger partial charge on any atom is -0.481 e. The van der Waals surface area contributed by atoms with Crippen LogP contribution in [0.15, 0.2) is 0 Å². The minimum atomic E-state index is -0.665. The molecule has 0 bridgehead atoms. The third kappa shape index (κ3) is 3.68. The van der Waals surface area contributed by atoms with Crippen LogP contribution in [-0.4, -0.2) is 46.6 Å². The van der Waals surface area contributed by atoms with Gasteiger partial charge in [-0.2, -0.15) is 11.8 Å². The Morgan fingerprint density at radius 2 is 2.20 bits per heavy atom. The summed E-state index contributed by atoms with van der Waals surface area (Å²) in [6, 6.07) is 0.704. The number of hydrogen-bond donors (Lipinski definition) is 1. The highest BCUT2D eigenvalue weighted by Crippen LogP contribution is 2.31. The average molecular weight is 229 g/mol. The van der Waals surface area contributed by atoms with Gasteiger partial charge in [0.1, 0.15) is 0 Å². The lowest BCUT2D eigenvalue weighted by Crippen LogP contribution is -2.33. The molecule has 0 aromatic heterocycles. The fourth-order valence-electron chi connectivity index (χ4n) is 2.16. The molecule has 1 unspecified atom stereocenters. The van der Waals surface area contributed by atoms with Crippen molar-refractivity contribution in [2.75, 3.05) is 24.6 Å². The Labute approximate surface area is 95.2 Å².